The second-order valence-corrected chi connectivity index (χ2v) is 6.51. The van der Waals surface area contributed by atoms with Crippen molar-refractivity contribution in [2.45, 2.75) is 18.6 Å². The number of amides is 1. The van der Waals surface area contributed by atoms with E-state index in [9.17, 15) is 22.8 Å². The van der Waals surface area contributed by atoms with Gasteiger partial charge in [0.05, 0.1) is 12.7 Å². The summed E-state index contributed by atoms with van der Waals surface area (Å²) in [7, 11) is 1.19. The molecule has 1 N–H and O–H groups in total. The Bertz CT molecular complexity index is 1050. The SMILES string of the molecule is COC(=O)[C@@H](Cc1ccc2ccccc2c1)NC(=O)c1cccc(C(F)(F)F)c1. The van der Waals surface area contributed by atoms with Gasteiger partial charge in [0, 0.05) is 12.0 Å². The van der Waals surface area contributed by atoms with Crippen molar-refractivity contribution >= 4 is 22.6 Å². The van der Waals surface area contributed by atoms with Crippen molar-refractivity contribution in [3.8, 4) is 0 Å². The minimum absolute atomic E-state index is 0.141. The summed E-state index contributed by atoms with van der Waals surface area (Å²) in [4.78, 5) is 24.6. The van der Waals surface area contributed by atoms with Gasteiger partial charge in [-0.05, 0) is 34.5 Å². The van der Waals surface area contributed by atoms with Crippen LogP contribution >= 0.6 is 0 Å². The molecule has 150 valence electrons. The lowest BCUT2D eigenvalue weighted by atomic mass is 10.0. The minimum atomic E-state index is -4.57. The van der Waals surface area contributed by atoms with E-state index in [2.05, 4.69) is 5.32 Å². The number of hydrogen-bond donors (Lipinski definition) is 1. The van der Waals surface area contributed by atoms with Gasteiger partial charge in [0.2, 0.25) is 0 Å². The highest BCUT2D eigenvalue weighted by molar-refractivity contribution is 5.97. The molecule has 0 unspecified atom stereocenters. The van der Waals surface area contributed by atoms with E-state index in [1.54, 1.807) is 0 Å². The zero-order chi connectivity index (χ0) is 21.0. The van der Waals surface area contributed by atoms with E-state index >= 15 is 0 Å². The average Bonchev–Trinajstić information content (AvgIpc) is 2.72. The van der Waals surface area contributed by atoms with Gasteiger partial charge in [0.1, 0.15) is 6.04 Å². The standard InChI is InChI=1S/C22H18F3NO3/c1-29-21(28)19(12-14-9-10-15-5-2-3-6-16(15)11-14)26-20(27)17-7-4-8-18(13-17)22(23,24)25/h2-11,13,19H,12H2,1H3,(H,26,27)/t19-/m1/s1. The molecule has 0 heterocycles. The van der Waals surface area contributed by atoms with Crippen molar-refractivity contribution in [2.75, 3.05) is 7.11 Å². The molecule has 0 aliphatic heterocycles. The van der Waals surface area contributed by atoms with E-state index in [1.165, 1.54) is 13.2 Å². The van der Waals surface area contributed by atoms with Crippen LogP contribution in [0.3, 0.4) is 0 Å². The number of esters is 1. The van der Waals surface area contributed by atoms with Gasteiger partial charge in [-0.15, -0.1) is 0 Å². The van der Waals surface area contributed by atoms with Crippen LogP contribution in [0.1, 0.15) is 21.5 Å². The molecule has 0 fully saturated rings. The van der Waals surface area contributed by atoms with Crippen LogP contribution in [0.5, 0.6) is 0 Å². The molecular formula is C22H18F3NO3. The number of rotatable bonds is 5. The summed E-state index contributed by atoms with van der Waals surface area (Å²) in [6, 6.07) is 16.3. The van der Waals surface area contributed by atoms with Gasteiger partial charge in [-0.2, -0.15) is 13.2 Å². The van der Waals surface area contributed by atoms with Crippen LogP contribution in [0.4, 0.5) is 13.2 Å². The van der Waals surface area contributed by atoms with Crippen molar-refractivity contribution in [2.24, 2.45) is 0 Å². The molecule has 0 aromatic heterocycles. The molecule has 0 aliphatic carbocycles. The smallest absolute Gasteiger partial charge is 0.416 e. The third kappa shape index (κ3) is 4.93. The lowest BCUT2D eigenvalue weighted by Gasteiger charge is -2.17. The number of methoxy groups -OCH3 is 1. The molecule has 7 heteroatoms. The molecule has 0 saturated heterocycles. The fourth-order valence-corrected chi connectivity index (χ4v) is 3.02. The molecule has 0 saturated carbocycles. The van der Waals surface area contributed by atoms with Crippen LogP contribution in [0.2, 0.25) is 0 Å². The minimum Gasteiger partial charge on any atom is -0.467 e. The highest BCUT2D eigenvalue weighted by Gasteiger charge is 2.31. The molecule has 3 rings (SSSR count). The van der Waals surface area contributed by atoms with Crippen molar-refractivity contribution in [3.05, 3.63) is 83.4 Å². The number of benzene rings is 3. The first-order valence-corrected chi connectivity index (χ1v) is 8.81. The number of alkyl halides is 3. The van der Waals surface area contributed by atoms with E-state index in [0.29, 0.717) is 0 Å². The van der Waals surface area contributed by atoms with E-state index in [-0.39, 0.29) is 12.0 Å². The van der Waals surface area contributed by atoms with Gasteiger partial charge in [0.15, 0.2) is 0 Å². The fourth-order valence-electron chi connectivity index (χ4n) is 3.02. The molecule has 4 nitrogen and oxygen atoms in total. The van der Waals surface area contributed by atoms with E-state index < -0.39 is 29.7 Å². The van der Waals surface area contributed by atoms with Crippen molar-refractivity contribution in [3.63, 3.8) is 0 Å². The molecule has 3 aromatic carbocycles. The van der Waals surface area contributed by atoms with Gasteiger partial charge in [-0.3, -0.25) is 4.79 Å². The molecule has 3 aromatic rings. The molecule has 0 bridgehead atoms. The first-order chi connectivity index (χ1) is 13.8. The van der Waals surface area contributed by atoms with Crippen LogP contribution in [0, 0.1) is 0 Å². The monoisotopic (exact) mass is 401 g/mol. The lowest BCUT2D eigenvalue weighted by Crippen LogP contribution is -2.43. The Balaban J connectivity index is 1.81. The predicted molar refractivity (Wildman–Crippen MR) is 102 cm³/mol. The fraction of sp³-hybridized carbons (Fsp3) is 0.182. The molecule has 29 heavy (non-hydrogen) atoms. The summed E-state index contributed by atoms with van der Waals surface area (Å²) in [5, 5.41) is 4.48. The first kappa shape index (κ1) is 20.4. The number of fused-ring (bicyclic) bond motifs is 1. The van der Waals surface area contributed by atoms with Crippen LogP contribution < -0.4 is 5.32 Å². The van der Waals surface area contributed by atoms with Gasteiger partial charge in [-0.25, -0.2) is 4.79 Å². The number of nitrogens with one attached hydrogen (secondary N) is 1. The van der Waals surface area contributed by atoms with E-state index in [1.807, 2.05) is 42.5 Å². The molecule has 0 spiro atoms. The summed E-state index contributed by atoms with van der Waals surface area (Å²) in [5.41, 5.74) is -0.343. The first-order valence-electron chi connectivity index (χ1n) is 8.81. The maximum absolute atomic E-state index is 12.9. The summed E-state index contributed by atoms with van der Waals surface area (Å²) in [6.45, 7) is 0. The van der Waals surface area contributed by atoms with Crippen LogP contribution in [0.15, 0.2) is 66.7 Å². The van der Waals surface area contributed by atoms with Gasteiger partial charge in [-0.1, -0.05) is 48.5 Å². The average molecular weight is 401 g/mol. The molecule has 1 atom stereocenters. The van der Waals surface area contributed by atoms with Crippen LogP contribution in [-0.2, 0) is 22.1 Å². The highest BCUT2D eigenvalue weighted by atomic mass is 19.4. The highest BCUT2D eigenvalue weighted by Crippen LogP contribution is 2.29. The van der Waals surface area contributed by atoms with E-state index in [4.69, 9.17) is 4.74 Å². The van der Waals surface area contributed by atoms with Gasteiger partial charge < -0.3 is 10.1 Å². The van der Waals surface area contributed by atoms with Crippen molar-refractivity contribution < 1.29 is 27.5 Å². The quantitative estimate of drug-likeness (QED) is 0.646. The Hall–Kier alpha value is -3.35. The molecule has 0 radical (unpaired) electrons. The Morgan fingerprint density at radius 3 is 2.38 bits per heavy atom. The maximum atomic E-state index is 12.9. The number of carbonyl (C=O) groups is 2. The molecule has 0 aliphatic rings. The van der Waals surface area contributed by atoms with E-state index in [0.717, 1.165) is 34.5 Å². The second-order valence-electron chi connectivity index (χ2n) is 6.51. The third-order valence-corrected chi connectivity index (χ3v) is 4.50. The zero-order valence-corrected chi connectivity index (χ0v) is 15.5. The maximum Gasteiger partial charge on any atom is 0.416 e. The van der Waals surface area contributed by atoms with Crippen LogP contribution in [0.25, 0.3) is 10.8 Å². The Kier molecular flexibility index (Phi) is 5.87. The normalized spacial score (nSPS) is 12.4. The Labute approximate surface area is 165 Å². The number of hydrogen-bond acceptors (Lipinski definition) is 3. The summed E-state index contributed by atoms with van der Waals surface area (Å²) in [6.07, 6.45) is -4.43. The van der Waals surface area contributed by atoms with Crippen molar-refractivity contribution in [1.29, 1.82) is 0 Å². The number of ether oxygens (including phenoxy) is 1. The lowest BCUT2D eigenvalue weighted by molar-refractivity contribution is -0.143. The number of carbonyl (C=O) groups excluding carboxylic acids is 2. The van der Waals surface area contributed by atoms with Crippen molar-refractivity contribution in [1.82, 2.24) is 5.32 Å². The third-order valence-electron chi connectivity index (χ3n) is 4.50. The topological polar surface area (TPSA) is 55.4 Å². The zero-order valence-electron chi connectivity index (χ0n) is 15.5. The summed E-state index contributed by atoms with van der Waals surface area (Å²) < 4.78 is 43.4. The Morgan fingerprint density at radius 2 is 1.69 bits per heavy atom. The van der Waals surface area contributed by atoms with Gasteiger partial charge >= 0.3 is 12.1 Å². The summed E-state index contributed by atoms with van der Waals surface area (Å²) in [5.74, 6) is -1.47. The summed E-state index contributed by atoms with van der Waals surface area (Å²) >= 11 is 0. The number of halogens is 3. The predicted octanol–water partition coefficient (Wildman–Crippen LogP) is 4.37. The van der Waals surface area contributed by atoms with Crippen LogP contribution in [-0.4, -0.2) is 25.0 Å². The van der Waals surface area contributed by atoms with Gasteiger partial charge in [0.25, 0.3) is 5.91 Å². The largest absolute Gasteiger partial charge is 0.467 e. The molecule has 1 amide bonds. The second kappa shape index (κ2) is 8.34. The Morgan fingerprint density at radius 1 is 0.966 bits per heavy atom. The molecular weight excluding hydrogens is 383 g/mol.